The van der Waals surface area contributed by atoms with Gasteiger partial charge in [0.05, 0.1) is 11.6 Å². The molecule has 20 heavy (non-hydrogen) atoms. The first kappa shape index (κ1) is 15.9. The summed E-state index contributed by atoms with van der Waals surface area (Å²) in [6, 6.07) is 2.38. The van der Waals surface area contributed by atoms with Gasteiger partial charge in [0.15, 0.2) is 0 Å². The molecule has 4 nitrogen and oxygen atoms in total. The molecule has 1 fully saturated rings. The van der Waals surface area contributed by atoms with Crippen LogP contribution in [0.15, 0.2) is 16.8 Å². The quantitative estimate of drug-likeness (QED) is 0.843. The van der Waals surface area contributed by atoms with Crippen LogP contribution >= 0.6 is 11.3 Å². The lowest BCUT2D eigenvalue weighted by atomic mass is 9.91. The number of hydrogen-bond donors (Lipinski definition) is 2. The van der Waals surface area contributed by atoms with Crippen molar-refractivity contribution in [3.63, 3.8) is 0 Å². The van der Waals surface area contributed by atoms with E-state index >= 15 is 0 Å². The van der Waals surface area contributed by atoms with Gasteiger partial charge in [-0.15, -0.1) is 0 Å². The Morgan fingerprint density at radius 1 is 1.50 bits per heavy atom. The highest BCUT2D eigenvalue weighted by Gasteiger charge is 2.34. The van der Waals surface area contributed by atoms with Crippen LogP contribution in [0.4, 0.5) is 0 Å². The van der Waals surface area contributed by atoms with E-state index in [0.29, 0.717) is 32.6 Å². The van der Waals surface area contributed by atoms with E-state index in [0.717, 1.165) is 6.42 Å². The summed E-state index contributed by atoms with van der Waals surface area (Å²) in [6.45, 7) is 4.05. The summed E-state index contributed by atoms with van der Waals surface area (Å²) in [5, 5.41) is 14.9. The molecule has 2 atom stereocenters. The second kappa shape index (κ2) is 7.00. The first-order chi connectivity index (χ1) is 9.56. The molecule has 2 rings (SSSR count). The number of ether oxygens (including phenoxy) is 1. The molecule has 2 heterocycles. The van der Waals surface area contributed by atoms with Crippen LogP contribution in [-0.2, 0) is 4.74 Å². The van der Waals surface area contributed by atoms with Crippen molar-refractivity contribution < 1.29 is 9.84 Å². The Morgan fingerprint density at radius 3 is 2.75 bits per heavy atom. The van der Waals surface area contributed by atoms with Crippen LogP contribution in [-0.4, -0.2) is 48.5 Å². The molecule has 0 spiro atoms. The highest BCUT2D eigenvalue weighted by molar-refractivity contribution is 7.07. The summed E-state index contributed by atoms with van der Waals surface area (Å²) >= 11 is 1.69. The largest absolute Gasteiger partial charge is 0.388 e. The lowest BCUT2D eigenvalue weighted by Crippen LogP contribution is -2.49. The van der Waals surface area contributed by atoms with Gasteiger partial charge < -0.3 is 15.6 Å². The zero-order valence-electron chi connectivity index (χ0n) is 12.4. The average Bonchev–Trinajstić information content (AvgIpc) is 2.92. The molecular weight excluding hydrogens is 272 g/mol. The van der Waals surface area contributed by atoms with Crippen LogP contribution in [0.1, 0.15) is 37.8 Å². The maximum absolute atomic E-state index is 10.7. The molecule has 5 heteroatoms. The molecule has 1 aromatic rings. The molecule has 0 aromatic carbocycles. The molecule has 3 N–H and O–H groups in total. The highest BCUT2D eigenvalue weighted by atomic mass is 32.1. The summed E-state index contributed by atoms with van der Waals surface area (Å²) in [4.78, 5) is 2.21. The summed E-state index contributed by atoms with van der Waals surface area (Å²) in [6.07, 6.45) is 2.33. The molecule has 114 valence electrons. The first-order valence-electron chi connectivity index (χ1n) is 7.34. The number of rotatable bonds is 6. The first-order valence-corrected chi connectivity index (χ1v) is 8.28. The van der Waals surface area contributed by atoms with Crippen LogP contribution in [0.2, 0.25) is 0 Å². The van der Waals surface area contributed by atoms with Crippen molar-refractivity contribution in [1.82, 2.24) is 4.90 Å². The molecule has 1 aliphatic rings. The zero-order valence-corrected chi connectivity index (χ0v) is 13.2. The van der Waals surface area contributed by atoms with Crippen LogP contribution in [0.5, 0.6) is 0 Å². The Kier molecular flexibility index (Phi) is 5.57. The fraction of sp³-hybridized carbons (Fsp3) is 0.733. The van der Waals surface area contributed by atoms with Crippen LogP contribution in [0.25, 0.3) is 0 Å². The van der Waals surface area contributed by atoms with E-state index in [9.17, 15) is 5.11 Å². The summed E-state index contributed by atoms with van der Waals surface area (Å²) in [5.74, 6) is 0. The van der Waals surface area contributed by atoms with Gasteiger partial charge in [-0.05, 0) is 35.9 Å². The highest BCUT2D eigenvalue weighted by Crippen LogP contribution is 2.29. The standard InChI is InChI=1S/C15H26N2O2S/c1-3-13(16)14(12-4-9-20-10-12)17(2)11-15(18)5-7-19-8-6-15/h4,9-10,13-14,18H,3,5-8,11,16H2,1-2H3. The predicted octanol–water partition coefficient (Wildman–Crippen LogP) is 2.00. The second-order valence-electron chi connectivity index (χ2n) is 5.83. The molecule has 0 aliphatic carbocycles. The molecule has 0 bridgehead atoms. The Morgan fingerprint density at radius 2 is 2.20 bits per heavy atom. The molecule has 1 aromatic heterocycles. The van der Waals surface area contributed by atoms with Gasteiger partial charge in [-0.3, -0.25) is 4.90 Å². The number of thiophene rings is 1. The molecule has 2 unspecified atom stereocenters. The van der Waals surface area contributed by atoms with Crippen molar-refractivity contribution in [2.24, 2.45) is 5.73 Å². The lowest BCUT2D eigenvalue weighted by molar-refractivity contribution is -0.0827. The SMILES string of the molecule is CCC(N)C(c1ccsc1)N(C)CC1(O)CCOCC1. The van der Waals surface area contributed by atoms with Gasteiger partial charge in [-0.25, -0.2) is 0 Å². The number of likely N-dealkylation sites (N-methyl/N-ethyl adjacent to an activating group) is 1. The Balaban J connectivity index is 2.08. The third-order valence-corrected chi connectivity index (χ3v) is 4.91. The van der Waals surface area contributed by atoms with Gasteiger partial charge in [0.25, 0.3) is 0 Å². The Bertz CT molecular complexity index is 391. The number of nitrogens with two attached hydrogens (primary N) is 1. The predicted molar refractivity (Wildman–Crippen MR) is 83.0 cm³/mol. The van der Waals surface area contributed by atoms with E-state index in [1.165, 1.54) is 5.56 Å². The molecule has 1 aliphatic heterocycles. The van der Waals surface area contributed by atoms with E-state index in [1.807, 2.05) is 0 Å². The molecular formula is C15H26N2O2S. The van der Waals surface area contributed by atoms with Crippen LogP contribution in [0, 0.1) is 0 Å². The third-order valence-electron chi connectivity index (χ3n) is 4.20. The van der Waals surface area contributed by atoms with Gasteiger partial charge in [0, 0.05) is 38.6 Å². The monoisotopic (exact) mass is 298 g/mol. The van der Waals surface area contributed by atoms with Crippen molar-refractivity contribution in [1.29, 1.82) is 0 Å². The summed E-state index contributed by atoms with van der Waals surface area (Å²) in [7, 11) is 2.06. The van der Waals surface area contributed by atoms with Crippen LogP contribution in [0.3, 0.4) is 0 Å². The third kappa shape index (κ3) is 3.80. The van der Waals surface area contributed by atoms with E-state index in [2.05, 4.69) is 35.7 Å². The smallest absolute Gasteiger partial charge is 0.0818 e. The van der Waals surface area contributed by atoms with E-state index < -0.39 is 5.60 Å². The van der Waals surface area contributed by atoms with E-state index in [-0.39, 0.29) is 12.1 Å². The minimum absolute atomic E-state index is 0.0815. The Hall–Kier alpha value is -0.460. The maximum Gasteiger partial charge on any atom is 0.0818 e. The van der Waals surface area contributed by atoms with E-state index in [4.69, 9.17) is 10.5 Å². The second-order valence-corrected chi connectivity index (χ2v) is 6.61. The summed E-state index contributed by atoms with van der Waals surface area (Å²) < 4.78 is 5.35. The maximum atomic E-state index is 10.7. The number of nitrogens with zero attached hydrogens (tertiary/aromatic N) is 1. The minimum Gasteiger partial charge on any atom is -0.388 e. The molecule has 1 saturated heterocycles. The molecule has 0 saturated carbocycles. The lowest BCUT2D eigenvalue weighted by Gasteiger charge is -2.40. The minimum atomic E-state index is -0.644. The van der Waals surface area contributed by atoms with Crippen LogP contribution < -0.4 is 5.73 Å². The van der Waals surface area contributed by atoms with Crippen molar-refractivity contribution >= 4 is 11.3 Å². The van der Waals surface area contributed by atoms with Gasteiger partial charge in [0.1, 0.15) is 0 Å². The topological polar surface area (TPSA) is 58.7 Å². The van der Waals surface area contributed by atoms with Crippen molar-refractivity contribution in [2.75, 3.05) is 26.8 Å². The van der Waals surface area contributed by atoms with Crippen molar-refractivity contribution in [3.05, 3.63) is 22.4 Å². The van der Waals surface area contributed by atoms with Gasteiger partial charge in [-0.2, -0.15) is 11.3 Å². The molecule has 0 amide bonds. The van der Waals surface area contributed by atoms with Gasteiger partial charge >= 0.3 is 0 Å². The zero-order chi connectivity index (χ0) is 14.6. The van der Waals surface area contributed by atoms with Gasteiger partial charge in [0.2, 0.25) is 0 Å². The normalized spacial score (nSPS) is 21.9. The van der Waals surface area contributed by atoms with Gasteiger partial charge in [-0.1, -0.05) is 6.92 Å². The number of hydrogen-bond acceptors (Lipinski definition) is 5. The van der Waals surface area contributed by atoms with E-state index in [1.54, 1.807) is 11.3 Å². The average molecular weight is 298 g/mol. The Labute approximate surface area is 125 Å². The fourth-order valence-corrected chi connectivity index (χ4v) is 3.66. The fourth-order valence-electron chi connectivity index (χ4n) is 2.97. The molecule has 0 radical (unpaired) electrons. The summed E-state index contributed by atoms with van der Waals surface area (Å²) in [5.41, 5.74) is 6.92. The number of aliphatic hydroxyl groups is 1. The van der Waals surface area contributed by atoms with Crippen molar-refractivity contribution in [2.45, 2.75) is 43.9 Å². The van der Waals surface area contributed by atoms with Crippen molar-refractivity contribution in [3.8, 4) is 0 Å².